The fourth-order valence-electron chi connectivity index (χ4n) is 9.65. The van der Waals surface area contributed by atoms with Crippen LogP contribution in [0.5, 0.6) is 0 Å². The molecule has 0 saturated carbocycles. The van der Waals surface area contributed by atoms with Crippen LogP contribution in [0, 0.1) is 0 Å². The van der Waals surface area contributed by atoms with Crippen molar-refractivity contribution < 1.29 is 0 Å². The van der Waals surface area contributed by atoms with E-state index in [-0.39, 0.29) is 0 Å². The molecule has 2 heteroatoms. The molecule has 0 bridgehead atoms. The molecule has 0 amide bonds. The van der Waals surface area contributed by atoms with Crippen molar-refractivity contribution in [3.63, 3.8) is 0 Å². The highest BCUT2D eigenvalue weighted by molar-refractivity contribution is 6.18. The molecule has 0 spiro atoms. The lowest BCUT2D eigenvalue weighted by molar-refractivity contribution is 1.19. The Hall–Kier alpha value is -8.20. The number of hydrogen-bond acceptors (Lipinski definition) is 1. The van der Waals surface area contributed by atoms with Crippen molar-refractivity contribution in [2.75, 3.05) is 4.90 Å². The summed E-state index contributed by atoms with van der Waals surface area (Å²) in [6.45, 7) is 0. The molecule has 0 fully saturated rings. The van der Waals surface area contributed by atoms with E-state index >= 15 is 0 Å². The van der Waals surface area contributed by atoms with Gasteiger partial charge < -0.3 is 9.47 Å². The van der Waals surface area contributed by atoms with Gasteiger partial charge in [-0.05, 0) is 109 Å². The van der Waals surface area contributed by atoms with E-state index in [4.69, 9.17) is 0 Å². The Balaban J connectivity index is 0.939. The molecule has 0 unspecified atom stereocenters. The van der Waals surface area contributed by atoms with Crippen molar-refractivity contribution >= 4 is 71.2 Å². The first-order valence-electron chi connectivity index (χ1n) is 21.3. The summed E-state index contributed by atoms with van der Waals surface area (Å²) in [6.07, 6.45) is 0. The predicted molar refractivity (Wildman–Crippen MR) is 264 cm³/mol. The summed E-state index contributed by atoms with van der Waals surface area (Å²) in [4.78, 5) is 2.39. The van der Waals surface area contributed by atoms with E-state index in [1.54, 1.807) is 0 Å². The summed E-state index contributed by atoms with van der Waals surface area (Å²) < 4.78 is 2.43. The molecule has 0 N–H and O–H groups in total. The summed E-state index contributed by atoms with van der Waals surface area (Å²) in [5.74, 6) is 0. The summed E-state index contributed by atoms with van der Waals surface area (Å²) >= 11 is 0. The lowest BCUT2D eigenvalue weighted by Gasteiger charge is -2.28. The van der Waals surface area contributed by atoms with Gasteiger partial charge in [0.25, 0.3) is 0 Å². The quantitative estimate of drug-likeness (QED) is 0.146. The van der Waals surface area contributed by atoms with Gasteiger partial charge in [0.15, 0.2) is 0 Å². The van der Waals surface area contributed by atoms with Crippen LogP contribution in [0.4, 0.5) is 17.1 Å². The fourth-order valence-corrected chi connectivity index (χ4v) is 9.65. The maximum atomic E-state index is 2.43. The number of anilines is 3. The van der Waals surface area contributed by atoms with Crippen LogP contribution in [0.25, 0.3) is 93.2 Å². The van der Waals surface area contributed by atoms with Gasteiger partial charge in [0.1, 0.15) is 0 Å². The van der Waals surface area contributed by atoms with Crippen molar-refractivity contribution in [3.8, 4) is 39.1 Å². The number of fused-ring (bicyclic) bond motifs is 8. The van der Waals surface area contributed by atoms with Crippen molar-refractivity contribution in [1.82, 2.24) is 4.57 Å². The molecule has 0 aliphatic carbocycles. The van der Waals surface area contributed by atoms with Crippen LogP contribution < -0.4 is 4.90 Å². The van der Waals surface area contributed by atoms with Gasteiger partial charge >= 0.3 is 0 Å². The van der Waals surface area contributed by atoms with Gasteiger partial charge in [-0.2, -0.15) is 0 Å². The minimum Gasteiger partial charge on any atom is -0.310 e. The molecule has 0 atom stereocenters. The summed E-state index contributed by atoms with van der Waals surface area (Å²) in [6, 6.07) is 88.3. The first-order valence-corrected chi connectivity index (χ1v) is 21.3. The van der Waals surface area contributed by atoms with Gasteiger partial charge in [0.2, 0.25) is 0 Å². The van der Waals surface area contributed by atoms with Crippen molar-refractivity contribution in [2.45, 2.75) is 0 Å². The summed E-state index contributed by atoms with van der Waals surface area (Å²) in [5.41, 5.74) is 14.1. The minimum atomic E-state index is 1.09. The van der Waals surface area contributed by atoms with Crippen LogP contribution in [0.1, 0.15) is 0 Å². The normalized spacial score (nSPS) is 11.5. The van der Waals surface area contributed by atoms with Gasteiger partial charge in [-0.3, -0.25) is 0 Å². The Morgan fingerprint density at radius 2 is 0.823 bits per heavy atom. The van der Waals surface area contributed by atoms with E-state index in [0.29, 0.717) is 0 Å². The number of benzene rings is 11. The second-order valence-electron chi connectivity index (χ2n) is 16.1. The predicted octanol–water partition coefficient (Wildman–Crippen LogP) is 16.7. The van der Waals surface area contributed by atoms with Gasteiger partial charge in [0.05, 0.1) is 16.7 Å². The third kappa shape index (κ3) is 5.96. The molecule has 0 aliphatic rings. The van der Waals surface area contributed by atoms with E-state index in [1.165, 1.54) is 87.5 Å². The van der Waals surface area contributed by atoms with Crippen LogP contribution in [-0.2, 0) is 0 Å². The number of rotatable bonds is 7. The lowest BCUT2D eigenvalue weighted by Crippen LogP contribution is -2.11. The van der Waals surface area contributed by atoms with Crippen molar-refractivity contribution in [1.29, 1.82) is 0 Å². The fraction of sp³-hybridized carbons (Fsp3) is 0. The van der Waals surface area contributed by atoms with Gasteiger partial charge in [-0.15, -0.1) is 0 Å². The standard InChI is InChI=1S/C60H40N2/c1-2-14-43(15-3-1)51-19-10-12-24-58(51)61(48-37-30-45(31-38-48)57-40-46-17-5-6-18-50(46)53-21-8-9-22-54(53)57)47-33-26-41(27-34-47)42-28-35-49(36-29-42)62-59-25-13-11-23-55(59)56-39-32-44-16-4-7-20-52(44)60(56)62/h1-40H. The van der Waals surface area contributed by atoms with E-state index < -0.39 is 0 Å². The molecule has 12 rings (SSSR count). The zero-order valence-electron chi connectivity index (χ0n) is 34.0. The van der Waals surface area contributed by atoms with E-state index in [2.05, 4.69) is 252 Å². The van der Waals surface area contributed by atoms with Crippen LogP contribution in [0.3, 0.4) is 0 Å². The monoisotopic (exact) mass is 788 g/mol. The van der Waals surface area contributed by atoms with Crippen molar-refractivity contribution in [3.05, 3.63) is 243 Å². The lowest BCUT2D eigenvalue weighted by atomic mass is 9.93. The number of nitrogens with zero attached hydrogens (tertiary/aromatic N) is 2. The Kier molecular flexibility index (Phi) is 8.53. The molecule has 2 nitrogen and oxygen atoms in total. The topological polar surface area (TPSA) is 8.17 Å². The zero-order chi connectivity index (χ0) is 41.0. The second kappa shape index (κ2) is 14.8. The molecular formula is C60H40N2. The van der Waals surface area contributed by atoms with Gasteiger partial charge in [-0.1, -0.05) is 188 Å². The molecule has 1 heterocycles. The average molecular weight is 789 g/mol. The number of hydrogen-bond donors (Lipinski definition) is 0. The zero-order valence-corrected chi connectivity index (χ0v) is 34.0. The van der Waals surface area contributed by atoms with E-state index in [9.17, 15) is 0 Å². The maximum Gasteiger partial charge on any atom is 0.0619 e. The highest BCUT2D eigenvalue weighted by Crippen LogP contribution is 2.43. The first-order chi connectivity index (χ1) is 30.8. The van der Waals surface area contributed by atoms with E-state index in [1.807, 2.05) is 0 Å². The molecule has 0 radical (unpaired) electrons. The first kappa shape index (κ1) is 35.7. The minimum absolute atomic E-state index is 1.09. The third-order valence-electron chi connectivity index (χ3n) is 12.6. The smallest absolute Gasteiger partial charge is 0.0619 e. The molecule has 62 heavy (non-hydrogen) atoms. The Bertz CT molecular complexity index is 3600. The Morgan fingerprint density at radius 3 is 1.56 bits per heavy atom. The van der Waals surface area contributed by atoms with Gasteiger partial charge in [-0.25, -0.2) is 0 Å². The Morgan fingerprint density at radius 1 is 0.290 bits per heavy atom. The molecule has 290 valence electrons. The Labute approximate surface area is 360 Å². The van der Waals surface area contributed by atoms with Crippen LogP contribution in [0.15, 0.2) is 243 Å². The molecule has 12 aromatic rings. The summed E-state index contributed by atoms with van der Waals surface area (Å²) in [7, 11) is 0. The molecule has 0 aliphatic heterocycles. The van der Waals surface area contributed by atoms with Crippen LogP contribution in [0.2, 0.25) is 0 Å². The highest BCUT2D eigenvalue weighted by atomic mass is 15.1. The second-order valence-corrected chi connectivity index (χ2v) is 16.1. The van der Waals surface area contributed by atoms with E-state index in [0.717, 1.165) is 22.7 Å². The van der Waals surface area contributed by atoms with Crippen LogP contribution in [-0.4, -0.2) is 4.57 Å². The summed E-state index contributed by atoms with van der Waals surface area (Å²) in [5, 5.41) is 10.1. The molecular weight excluding hydrogens is 749 g/mol. The number of para-hydroxylation sites is 2. The van der Waals surface area contributed by atoms with Crippen molar-refractivity contribution in [2.24, 2.45) is 0 Å². The highest BCUT2D eigenvalue weighted by Gasteiger charge is 2.19. The SMILES string of the molecule is c1ccc(-c2ccccc2N(c2ccc(-c3ccc(-n4c5ccccc5c5ccc6ccccc6c54)cc3)cc2)c2ccc(-c3cc4ccccc4c4ccccc34)cc2)cc1. The molecule has 11 aromatic carbocycles. The van der Waals surface area contributed by atoms with Crippen LogP contribution >= 0.6 is 0 Å². The largest absolute Gasteiger partial charge is 0.310 e. The molecule has 1 aromatic heterocycles. The molecule has 0 saturated heterocycles. The third-order valence-corrected chi connectivity index (χ3v) is 12.6. The average Bonchev–Trinajstić information content (AvgIpc) is 3.70. The van der Waals surface area contributed by atoms with Gasteiger partial charge in [0, 0.05) is 38.8 Å². The maximum absolute atomic E-state index is 2.43. The number of aromatic nitrogens is 1.